The fourth-order valence-electron chi connectivity index (χ4n) is 1.52. The monoisotopic (exact) mass is 355 g/mol. The maximum Gasteiger partial charge on any atom is 0.490 e. The van der Waals surface area contributed by atoms with Gasteiger partial charge in [-0.2, -0.15) is 13.2 Å². The van der Waals surface area contributed by atoms with Gasteiger partial charge in [0.1, 0.15) is 0 Å². The Morgan fingerprint density at radius 3 is 2.05 bits per heavy atom. The summed E-state index contributed by atoms with van der Waals surface area (Å²) in [5.41, 5.74) is 0.681. The maximum atomic E-state index is 10.6. The Kier molecular flexibility index (Phi) is 5.55. The zero-order valence-electron chi connectivity index (χ0n) is 10.2. The van der Waals surface area contributed by atoms with Crippen LogP contribution in [0.1, 0.15) is 5.56 Å². The van der Waals surface area contributed by atoms with Crippen molar-refractivity contribution in [2.75, 3.05) is 13.1 Å². The Hall–Kier alpha value is -1.12. The quantitative estimate of drug-likeness (QED) is 0.758. The van der Waals surface area contributed by atoms with Gasteiger partial charge in [-0.15, -0.1) is 0 Å². The predicted molar refractivity (Wildman–Crippen MR) is 69.4 cm³/mol. The molecular formula is C12H13BrF3NO3. The third kappa shape index (κ3) is 5.48. The fraction of sp³-hybridized carbons (Fsp3) is 0.417. The van der Waals surface area contributed by atoms with Crippen molar-refractivity contribution in [3.63, 3.8) is 0 Å². The molecule has 1 aliphatic rings. The Morgan fingerprint density at radius 2 is 1.75 bits per heavy atom. The van der Waals surface area contributed by atoms with Crippen LogP contribution in [0.25, 0.3) is 0 Å². The molecule has 3 N–H and O–H groups in total. The SMILES string of the molecule is O=C(O)C(F)(F)F.OC1(Cc2ccc(Br)cc2)CNC1. The van der Waals surface area contributed by atoms with E-state index in [2.05, 4.69) is 21.2 Å². The van der Waals surface area contributed by atoms with Crippen LogP contribution in [-0.4, -0.2) is 41.0 Å². The van der Waals surface area contributed by atoms with E-state index >= 15 is 0 Å². The van der Waals surface area contributed by atoms with Gasteiger partial charge in [-0.3, -0.25) is 0 Å². The molecule has 1 aliphatic heterocycles. The highest BCUT2D eigenvalue weighted by molar-refractivity contribution is 9.10. The molecule has 0 saturated carbocycles. The van der Waals surface area contributed by atoms with E-state index in [1.807, 2.05) is 24.3 Å². The second kappa shape index (κ2) is 6.55. The maximum absolute atomic E-state index is 10.6. The molecule has 1 aromatic carbocycles. The minimum Gasteiger partial charge on any atom is -0.475 e. The molecule has 1 heterocycles. The molecule has 0 radical (unpaired) electrons. The summed E-state index contributed by atoms with van der Waals surface area (Å²) in [5.74, 6) is -2.76. The van der Waals surface area contributed by atoms with Crippen LogP contribution in [0.2, 0.25) is 0 Å². The van der Waals surface area contributed by atoms with Crippen LogP contribution in [0.5, 0.6) is 0 Å². The third-order valence-corrected chi connectivity index (χ3v) is 3.13. The number of hydrogen-bond acceptors (Lipinski definition) is 3. The molecule has 112 valence electrons. The molecule has 1 aromatic rings. The highest BCUT2D eigenvalue weighted by Gasteiger charge is 2.38. The van der Waals surface area contributed by atoms with Gasteiger partial charge in [-0.25, -0.2) is 4.79 Å². The Bertz CT molecular complexity index is 458. The van der Waals surface area contributed by atoms with Gasteiger partial charge in [-0.1, -0.05) is 28.1 Å². The van der Waals surface area contributed by atoms with E-state index < -0.39 is 17.7 Å². The first-order valence-electron chi connectivity index (χ1n) is 5.60. The number of carboxylic acids is 1. The summed E-state index contributed by atoms with van der Waals surface area (Å²) in [7, 11) is 0. The molecule has 0 aromatic heterocycles. The molecule has 4 nitrogen and oxygen atoms in total. The minimum absolute atomic E-state index is 0.506. The zero-order valence-corrected chi connectivity index (χ0v) is 11.8. The molecular weight excluding hydrogens is 343 g/mol. The minimum atomic E-state index is -5.08. The zero-order chi connectivity index (χ0) is 15.4. The van der Waals surface area contributed by atoms with E-state index in [0.717, 1.165) is 10.9 Å². The molecule has 2 rings (SSSR count). The molecule has 20 heavy (non-hydrogen) atoms. The summed E-state index contributed by atoms with van der Waals surface area (Å²) in [6.45, 7) is 1.42. The summed E-state index contributed by atoms with van der Waals surface area (Å²) in [6.07, 6.45) is -4.34. The number of aliphatic hydroxyl groups is 1. The molecule has 0 bridgehead atoms. The molecule has 0 aliphatic carbocycles. The van der Waals surface area contributed by atoms with E-state index in [1.54, 1.807) is 0 Å². The van der Waals surface area contributed by atoms with Crippen molar-refractivity contribution in [1.82, 2.24) is 5.32 Å². The molecule has 0 atom stereocenters. The average Bonchev–Trinajstić information content (AvgIpc) is 2.30. The smallest absolute Gasteiger partial charge is 0.475 e. The number of nitrogens with one attached hydrogen (secondary N) is 1. The number of halogens is 4. The molecule has 1 fully saturated rings. The lowest BCUT2D eigenvalue weighted by Gasteiger charge is -2.37. The van der Waals surface area contributed by atoms with Crippen molar-refractivity contribution >= 4 is 21.9 Å². The van der Waals surface area contributed by atoms with Crippen LogP contribution in [0, 0.1) is 0 Å². The summed E-state index contributed by atoms with van der Waals surface area (Å²) >= 11 is 3.38. The van der Waals surface area contributed by atoms with Crippen molar-refractivity contribution in [3.05, 3.63) is 34.3 Å². The van der Waals surface area contributed by atoms with Gasteiger partial charge in [0.05, 0.1) is 5.60 Å². The fourth-order valence-corrected chi connectivity index (χ4v) is 1.79. The van der Waals surface area contributed by atoms with Crippen LogP contribution in [0.15, 0.2) is 28.7 Å². The molecule has 8 heteroatoms. The van der Waals surface area contributed by atoms with Gasteiger partial charge in [0.2, 0.25) is 0 Å². The molecule has 1 saturated heterocycles. The predicted octanol–water partition coefficient (Wildman–Crippen LogP) is 1.96. The average molecular weight is 356 g/mol. The van der Waals surface area contributed by atoms with Crippen molar-refractivity contribution in [2.24, 2.45) is 0 Å². The molecule has 0 amide bonds. The van der Waals surface area contributed by atoms with E-state index in [1.165, 1.54) is 5.56 Å². The first-order valence-corrected chi connectivity index (χ1v) is 6.39. The number of benzene rings is 1. The largest absolute Gasteiger partial charge is 0.490 e. The summed E-state index contributed by atoms with van der Waals surface area (Å²) < 4.78 is 32.8. The van der Waals surface area contributed by atoms with E-state index in [4.69, 9.17) is 9.90 Å². The molecule has 0 unspecified atom stereocenters. The Balaban J connectivity index is 0.000000246. The standard InChI is InChI=1S/C10H12BrNO.C2HF3O2/c11-9-3-1-8(2-4-9)5-10(13)6-12-7-10;3-2(4,5)1(6)7/h1-4,12-13H,5-7H2;(H,6,7). The van der Waals surface area contributed by atoms with Crippen molar-refractivity contribution in [1.29, 1.82) is 0 Å². The lowest BCUT2D eigenvalue weighted by atomic mass is 9.89. The first kappa shape index (κ1) is 16.9. The van der Waals surface area contributed by atoms with E-state index in [0.29, 0.717) is 13.1 Å². The topological polar surface area (TPSA) is 69.6 Å². The van der Waals surface area contributed by atoms with Gasteiger partial charge >= 0.3 is 12.1 Å². The number of carbonyl (C=O) groups is 1. The Morgan fingerprint density at radius 1 is 1.30 bits per heavy atom. The summed E-state index contributed by atoms with van der Waals surface area (Å²) in [5, 5.41) is 20.1. The van der Waals surface area contributed by atoms with Gasteiger partial charge in [0.25, 0.3) is 0 Å². The van der Waals surface area contributed by atoms with Gasteiger partial charge in [0, 0.05) is 24.0 Å². The lowest BCUT2D eigenvalue weighted by molar-refractivity contribution is -0.192. The highest BCUT2D eigenvalue weighted by atomic mass is 79.9. The number of aliphatic carboxylic acids is 1. The van der Waals surface area contributed by atoms with Gasteiger partial charge < -0.3 is 15.5 Å². The normalized spacial score (nSPS) is 16.6. The summed E-state index contributed by atoms with van der Waals surface area (Å²) in [6, 6.07) is 8.09. The molecule has 0 spiro atoms. The van der Waals surface area contributed by atoms with Crippen LogP contribution in [-0.2, 0) is 11.2 Å². The van der Waals surface area contributed by atoms with Gasteiger partial charge in [0.15, 0.2) is 0 Å². The highest BCUT2D eigenvalue weighted by Crippen LogP contribution is 2.19. The number of carboxylic acid groups (broad SMARTS) is 1. The van der Waals surface area contributed by atoms with Crippen molar-refractivity contribution in [2.45, 2.75) is 18.2 Å². The number of β-amino-alcohol motifs (C(OH)–C–C–N with tert-alkyl or cyclic N) is 1. The van der Waals surface area contributed by atoms with Crippen LogP contribution < -0.4 is 5.32 Å². The van der Waals surface area contributed by atoms with Crippen LogP contribution in [0.4, 0.5) is 13.2 Å². The van der Waals surface area contributed by atoms with Crippen molar-refractivity contribution < 1.29 is 28.2 Å². The van der Waals surface area contributed by atoms with Crippen molar-refractivity contribution in [3.8, 4) is 0 Å². The third-order valence-electron chi connectivity index (χ3n) is 2.60. The Labute approximate surface area is 121 Å². The van der Waals surface area contributed by atoms with E-state index in [9.17, 15) is 18.3 Å². The van der Waals surface area contributed by atoms with Crippen LogP contribution >= 0.6 is 15.9 Å². The second-order valence-corrected chi connectivity index (χ2v) is 5.35. The number of hydrogen-bond donors (Lipinski definition) is 3. The first-order chi connectivity index (χ1) is 9.12. The second-order valence-electron chi connectivity index (χ2n) is 4.43. The van der Waals surface area contributed by atoms with Gasteiger partial charge in [-0.05, 0) is 17.7 Å². The van der Waals surface area contributed by atoms with Crippen LogP contribution in [0.3, 0.4) is 0 Å². The number of alkyl halides is 3. The summed E-state index contributed by atoms with van der Waals surface area (Å²) in [4.78, 5) is 8.90. The lowest BCUT2D eigenvalue weighted by Crippen LogP contribution is -2.60. The van der Waals surface area contributed by atoms with E-state index in [-0.39, 0.29) is 0 Å². The number of rotatable bonds is 2.